The molecule has 0 bridgehead atoms. The van der Waals surface area contributed by atoms with Gasteiger partial charge in [0.05, 0.1) is 21.5 Å². The van der Waals surface area contributed by atoms with E-state index >= 15 is 0 Å². The van der Waals surface area contributed by atoms with Crippen LogP contribution >= 0.6 is 23.2 Å². The Labute approximate surface area is 197 Å². The molecule has 0 spiro atoms. The van der Waals surface area contributed by atoms with E-state index in [9.17, 15) is 18.0 Å². The molecule has 1 atom stereocenters. The minimum absolute atomic E-state index is 0.0351. The summed E-state index contributed by atoms with van der Waals surface area (Å²) in [5.41, 5.74) is 1.14. The Hall–Kier alpha value is -2.13. The van der Waals surface area contributed by atoms with Crippen molar-refractivity contribution in [2.24, 2.45) is 5.92 Å². The highest BCUT2D eigenvalue weighted by Crippen LogP contribution is 2.32. The second kappa shape index (κ2) is 9.39. The van der Waals surface area contributed by atoms with E-state index in [0.29, 0.717) is 53.8 Å². The Bertz CT molecular complexity index is 1140. The van der Waals surface area contributed by atoms with Gasteiger partial charge in [-0.25, -0.2) is 8.42 Å². The maximum Gasteiger partial charge on any atom is 0.243 e. The molecule has 2 saturated heterocycles. The Kier molecular flexibility index (Phi) is 6.76. The molecule has 2 aliphatic rings. The largest absolute Gasteiger partial charge is 0.326 e. The lowest BCUT2D eigenvalue weighted by Crippen LogP contribution is -2.43. The number of carbonyl (C=O) groups is 2. The molecule has 0 radical (unpaired) electrons. The number of rotatable bonds is 5. The fourth-order valence-electron chi connectivity index (χ4n) is 4.08. The summed E-state index contributed by atoms with van der Waals surface area (Å²) in [7, 11) is -3.71. The first kappa shape index (κ1) is 23.0. The molecule has 2 fully saturated rings. The first-order valence-electron chi connectivity index (χ1n) is 10.4. The van der Waals surface area contributed by atoms with Crippen LogP contribution in [0.2, 0.25) is 10.0 Å². The van der Waals surface area contributed by atoms with Gasteiger partial charge in [0.15, 0.2) is 0 Å². The molecule has 0 saturated carbocycles. The number of nitrogens with one attached hydrogen (secondary N) is 1. The SMILES string of the molecule is O=C(Nc1ccc(N2CCCC2=O)c(Cl)c1)C1CCCN(S(=O)(=O)c2ccc(Cl)cc2)C1. The highest BCUT2D eigenvalue weighted by atomic mass is 35.5. The summed E-state index contributed by atoms with van der Waals surface area (Å²) in [6, 6.07) is 11.0. The molecule has 1 N–H and O–H groups in total. The zero-order valence-corrected chi connectivity index (χ0v) is 19.6. The number of amides is 2. The number of benzene rings is 2. The molecule has 170 valence electrons. The summed E-state index contributed by atoms with van der Waals surface area (Å²) in [4.78, 5) is 26.6. The van der Waals surface area contributed by atoms with Crippen molar-refractivity contribution in [1.29, 1.82) is 0 Å². The predicted octanol–water partition coefficient (Wildman–Crippen LogP) is 4.16. The first-order chi connectivity index (χ1) is 15.3. The molecule has 2 heterocycles. The third-order valence-electron chi connectivity index (χ3n) is 5.79. The Balaban J connectivity index is 1.44. The van der Waals surface area contributed by atoms with Crippen molar-refractivity contribution in [3.63, 3.8) is 0 Å². The molecule has 1 unspecified atom stereocenters. The predicted molar refractivity (Wildman–Crippen MR) is 125 cm³/mol. The smallest absolute Gasteiger partial charge is 0.243 e. The summed E-state index contributed by atoms with van der Waals surface area (Å²) in [6.07, 6.45) is 2.48. The molecule has 10 heteroatoms. The van der Waals surface area contributed by atoms with E-state index < -0.39 is 15.9 Å². The highest BCUT2D eigenvalue weighted by molar-refractivity contribution is 7.89. The number of anilines is 2. The van der Waals surface area contributed by atoms with Gasteiger partial charge in [0.1, 0.15) is 0 Å². The number of hydrogen-bond acceptors (Lipinski definition) is 4. The lowest BCUT2D eigenvalue weighted by atomic mass is 9.98. The van der Waals surface area contributed by atoms with Gasteiger partial charge in [-0.05, 0) is 61.7 Å². The minimum Gasteiger partial charge on any atom is -0.326 e. The zero-order valence-electron chi connectivity index (χ0n) is 17.3. The number of piperidine rings is 1. The number of carbonyl (C=O) groups excluding carboxylic acids is 2. The van der Waals surface area contributed by atoms with Gasteiger partial charge in [-0.3, -0.25) is 9.59 Å². The van der Waals surface area contributed by atoms with E-state index in [1.807, 2.05) is 0 Å². The van der Waals surface area contributed by atoms with E-state index in [1.54, 1.807) is 23.1 Å². The number of nitrogens with zero attached hydrogens (tertiary/aromatic N) is 2. The molecule has 32 heavy (non-hydrogen) atoms. The summed E-state index contributed by atoms with van der Waals surface area (Å²) in [6.45, 7) is 1.09. The van der Waals surface area contributed by atoms with E-state index in [1.165, 1.54) is 28.6 Å². The van der Waals surface area contributed by atoms with Crippen LogP contribution in [0.25, 0.3) is 0 Å². The topological polar surface area (TPSA) is 86.8 Å². The fourth-order valence-corrected chi connectivity index (χ4v) is 6.01. The molecular weight excluding hydrogens is 473 g/mol. The standard InChI is InChI=1S/C22H23Cl2N3O4S/c23-16-5-8-18(9-6-16)32(30,31)26-11-1-3-15(14-26)22(29)25-17-7-10-20(19(24)13-17)27-12-2-4-21(27)28/h5-10,13,15H,1-4,11-12,14H2,(H,25,29). The van der Waals surface area contributed by atoms with Crippen LogP contribution in [0.1, 0.15) is 25.7 Å². The monoisotopic (exact) mass is 495 g/mol. The Morgan fingerprint density at radius 3 is 2.44 bits per heavy atom. The Morgan fingerprint density at radius 1 is 1.03 bits per heavy atom. The molecule has 2 amide bonds. The molecule has 0 aromatic heterocycles. The van der Waals surface area contributed by atoms with E-state index in [0.717, 1.165) is 6.42 Å². The summed E-state index contributed by atoms with van der Waals surface area (Å²) in [5.74, 6) is -0.709. The first-order valence-corrected chi connectivity index (χ1v) is 12.6. The van der Waals surface area contributed by atoms with Crippen molar-refractivity contribution >= 4 is 56.4 Å². The molecule has 2 aromatic rings. The van der Waals surface area contributed by atoms with Crippen LogP contribution in [-0.4, -0.2) is 44.2 Å². The Morgan fingerprint density at radius 2 is 1.78 bits per heavy atom. The number of hydrogen-bond donors (Lipinski definition) is 1. The van der Waals surface area contributed by atoms with Crippen LogP contribution in [0, 0.1) is 5.92 Å². The average molecular weight is 496 g/mol. The molecule has 4 rings (SSSR count). The molecule has 0 aliphatic carbocycles. The zero-order chi connectivity index (χ0) is 22.9. The van der Waals surface area contributed by atoms with Gasteiger partial charge in [-0.2, -0.15) is 4.31 Å². The number of halogens is 2. The molecule has 2 aliphatic heterocycles. The van der Waals surface area contributed by atoms with Gasteiger partial charge in [-0.1, -0.05) is 23.2 Å². The van der Waals surface area contributed by atoms with E-state index in [2.05, 4.69) is 5.32 Å². The second-order valence-corrected chi connectivity index (χ2v) is 10.7. The van der Waals surface area contributed by atoms with Crippen molar-refractivity contribution < 1.29 is 18.0 Å². The van der Waals surface area contributed by atoms with Crippen molar-refractivity contribution in [3.05, 3.63) is 52.5 Å². The van der Waals surface area contributed by atoms with Gasteiger partial charge in [0.2, 0.25) is 21.8 Å². The van der Waals surface area contributed by atoms with E-state index in [-0.39, 0.29) is 23.3 Å². The van der Waals surface area contributed by atoms with Crippen molar-refractivity contribution in [3.8, 4) is 0 Å². The lowest BCUT2D eigenvalue weighted by molar-refractivity contribution is -0.121. The second-order valence-electron chi connectivity index (χ2n) is 7.96. The van der Waals surface area contributed by atoms with Crippen molar-refractivity contribution in [2.45, 2.75) is 30.6 Å². The minimum atomic E-state index is -3.71. The van der Waals surface area contributed by atoms with Gasteiger partial charge in [0.25, 0.3) is 0 Å². The van der Waals surface area contributed by atoms with Gasteiger partial charge < -0.3 is 10.2 Å². The highest BCUT2D eigenvalue weighted by Gasteiger charge is 2.33. The van der Waals surface area contributed by atoms with Crippen molar-refractivity contribution in [1.82, 2.24) is 4.31 Å². The maximum atomic E-state index is 13.0. The summed E-state index contributed by atoms with van der Waals surface area (Å²) >= 11 is 12.2. The maximum absolute atomic E-state index is 13.0. The fraction of sp³-hybridized carbons (Fsp3) is 0.364. The van der Waals surface area contributed by atoms with Gasteiger partial charge >= 0.3 is 0 Å². The van der Waals surface area contributed by atoms with Crippen LogP contribution in [0.4, 0.5) is 11.4 Å². The molecular formula is C22H23Cl2N3O4S. The lowest BCUT2D eigenvalue weighted by Gasteiger charge is -2.31. The third kappa shape index (κ3) is 4.78. The molecule has 2 aromatic carbocycles. The van der Waals surface area contributed by atoms with Crippen LogP contribution in [0.5, 0.6) is 0 Å². The number of sulfonamides is 1. The van der Waals surface area contributed by atoms with Crippen molar-refractivity contribution in [2.75, 3.05) is 29.9 Å². The van der Waals surface area contributed by atoms with Crippen LogP contribution < -0.4 is 10.2 Å². The summed E-state index contributed by atoms with van der Waals surface area (Å²) < 4.78 is 27.3. The van der Waals surface area contributed by atoms with Crippen LogP contribution in [0.3, 0.4) is 0 Å². The van der Waals surface area contributed by atoms with Gasteiger partial charge in [0, 0.05) is 36.8 Å². The van der Waals surface area contributed by atoms with Gasteiger partial charge in [-0.15, -0.1) is 0 Å². The molecule has 7 nitrogen and oxygen atoms in total. The quantitative estimate of drug-likeness (QED) is 0.674. The van der Waals surface area contributed by atoms with Crippen LogP contribution in [-0.2, 0) is 19.6 Å². The normalized spacial score (nSPS) is 19.9. The van der Waals surface area contributed by atoms with E-state index in [4.69, 9.17) is 23.2 Å². The average Bonchev–Trinajstić information content (AvgIpc) is 3.20. The third-order valence-corrected chi connectivity index (χ3v) is 8.22. The van der Waals surface area contributed by atoms with Crippen LogP contribution in [0.15, 0.2) is 47.4 Å². The summed E-state index contributed by atoms with van der Waals surface area (Å²) in [5, 5.41) is 3.68.